The van der Waals surface area contributed by atoms with Crippen molar-refractivity contribution >= 4 is 26.1 Å². The third-order valence-corrected chi connectivity index (χ3v) is 4.07. The Kier molecular flexibility index (Phi) is 7.32. The monoisotopic (exact) mass is 367 g/mol. The smallest absolute Gasteiger partial charge is 0.382 e. The molecule has 0 aromatic heterocycles. The molecule has 1 N–H and O–H groups in total. The number of rotatable bonds is 8. The van der Waals surface area contributed by atoms with Crippen molar-refractivity contribution < 1.29 is 18.6 Å². The molecule has 128 valence electrons. The van der Waals surface area contributed by atoms with Crippen LogP contribution < -0.4 is 14.1 Å². The second-order valence-corrected chi connectivity index (χ2v) is 6.71. The van der Waals surface area contributed by atoms with Gasteiger partial charge < -0.3 is 13.8 Å². The summed E-state index contributed by atoms with van der Waals surface area (Å²) in [7, 11) is -1.57. The van der Waals surface area contributed by atoms with Gasteiger partial charge in [0.05, 0.1) is 6.10 Å². The second-order valence-electron chi connectivity index (χ2n) is 5.08. The number of carbonyl (C=O) groups excluding carboxylic acids is 1. The summed E-state index contributed by atoms with van der Waals surface area (Å²) in [5, 5.41) is 3.56. The molecule has 0 aliphatic heterocycles. The number of hydrogen-bond acceptors (Lipinski definition) is 5. The lowest BCUT2D eigenvalue weighted by Crippen LogP contribution is -2.25. The van der Waals surface area contributed by atoms with Crippen molar-refractivity contribution in [2.45, 2.75) is 20.0 Å². The highest BCUT2D eigenvalue weighted by atomic mass is 35.5. The Morgan fingerprint density at radius 3 is 2.21 bits per heavy atom. The Bertz CT molecular complexity index is 637. The van der Waals surface area contributed by atoms with Crippen molar-refractivity contribution in [3.63, 3.8) is 0 Å². The molecule has 0 radical (unpaired) electrons. The normalized spacial score (nSPS) is 11.8. The molecule has 24 heavy (non-hydrogen) atoms. The van der Waals surface area contributed by atoms with Crippen molar-refractivity contribution in [2.24, 2.45) is 0 Å². The first kappa shape index (κ1) is 18.5. The maximum absolute atomic E-state index is 11.7. The van der Waals surface area contributed by atoms with Gasteiger partial charge in [-0.3, -0.25) is 4.79 Å². The van der Waals surface area contributed by atoms with Gasteiger partial charge in [-0.2, -0.15) is 0 Å². The largest absolute Gasteiger partial charge is 0.462 e. The topological polar surface area (TPSA) is 56.8 Å². The van der Waals surface area contributed by atoms with Crippen molar-refractivity contribution in [3.05, 3.63) is 59.6 Å². The Hall–Kier alpha value is -1.81. The molecule has 0 aliphatic carbocycles. The minimum atomic E-state index is -1.57. The maximum atomic E-state index is 11.7. The van der Waals surface area contributed by atoms with Crippen molar-refractivity contribution in [3.8, 4) is 11.5 Å². The lowest BCUT2D eigenvalue weighted by Gasteiger charge is -2.19. The number of benzene rings is 2. The molecule has 1 atom stereocenters. The quantitative estimate of drug-likeness (QED) is 0.547. The summed E-state index contributed by atoms with van der Waals surface area (Å²) in [4.78, 5) is 11.7. The fourth-order valence-corrected chi connectivity index (χ4v) is 2.86. The van der Waals surface area contributed by atoms with Gasteiger partial charge in [0.1, 0.15) is 18.0 Å². The van der Waals surface area contributed by atoms with Gasteiger partial charge in [0, 0.05) is 5.02 Å². The van der Waals surface area contributed by atoms with Crippen LogP contribution in [-0.4, -0.2) is 18.6 Å². The average molecular weight is 368 g/mol. The molecule has 0 saturated heterocycles. The molecule has 0 bridgehead atoms. The van der Waals surface area contributed by atoms with Crippen molar-refractivity contribution in [1.82, 2.24) is 5.09 Å². The summed E-state index contributed by atoms with van der Waals surface area (Å²) in [5.41, 5.74) is 0. The Morgan fingerprint density at radius 2 is 1.62 bits per heavy atom. The number of nitrogens with one attached hydrogen (secondary N) is 1. The minimum Gasteiger partial charge on any atom is -0.462 e. The third-order valence-electron chi connectivity index (χ3n) is 2.65. The summed E-state index contributed by atoms with van der Waals surface area (Å²) < 4.78 is 16.7. The van der Waals surface area contributed by atoms with Gasteiger partial charge in [-0.25, -0.2) is 5.09 Å². The molecular formula is C17H19ClNO4P. The highest BCUT2D eigenvalue weighted by molar-refractivity contribution is 7.45. The number of ether oxygens (including phenoxy) is 1. The van der Waals surface area contributed by atoms with E-state index in [4.69, 9.17) is 25.4 Å². The van der Waals surface area contributed by atoms with Crippen LogP contribution in [0.1, 0.15) is 13.8 Å². The average Bonchev–Trinajstić information content (AvgIpc) is 2.55. The molecule has 2 aromatic rings. The van der Waals surface area contributed by atoms with Crippen LogP contribution >= 0.6 is 20.1 Å². The molecule has 7 heteroatoms. The molecule has 5 nitrogen and oxygen atoms in total. The van der Waals surface area contributed by atoms with Gasteiger partial charge in [0.15, 0.2) is 0 Å². The van der Waals surface area contributed by atoms with E-state index in [1.54, 1.807) is 38.1 Å². The predicted molar refractivity (Wildman–Crippen MR) is 95.3 cm³/mol. The first-order chi connectivity index (χ1) is 11.5. The minimum absolute atomic E-state index is 0.00962. The molecule has 0 saturated carbocycles. The van der Waals surface area contributed by atoms with Crippen LogP contribution in [0.3, 0.4) is 0 Å². The van der Waals surface area contributed by atoms with E-state index in [0.717, 1.165) is 0 Å². The molecule has 1 unspecified atom stereocenters. The van der Waals surface area contributed by atoms with E-state index in [1.165, 1.54) is 0 Å². The van der Waals surface area contributed by atoms with Crippen molar-refractivity contribution in [2.75, 3.05) is 6.54 Å². The molecule has 0 heterocycles. The molecule has 2 aromatic carbocycles. The summed E-state index contributed by atoms with van der Waals surface area (Å²) in [6.07, 6.45) is -0.169. The van der Waals surface area contributed by atoms with Crippen LogP contribution in [0.5, 0.6) is 11.5 Å². The van der Waals surface area contributed by atoms with Gasteiger partial charge in [-0.05, 0) is 50.2 Å². The van der Waals surface area contributed by atoms with Gasteiger partial charge in [0.25, 0.3) is 0 Å². The summed E-state index contributed by atoms with van der Waals surface area (Å²) in [5.74, 6) is 0.863. The van der Waals surface area contributed by atoms with E-state index < -0.39 is 8.53 Å². The molecule has 0 amide bonds. The van der Waals surface area contributed by atoms with Crippen molar-refractivity contribution in [1.29, 1.82) is 0 Å². The van der Waals surface area contributed by atoms with E-state index in [-0.39, 0.29) is 18.6 Å². The fourth-order valence-electron chi connectivity index (χ4n) is 1.69. The first-order valence-corrected chi connectivity index (χ1v) is 8.98. The highest BCUT2D eigenvalue weighted by Gasteiger charge is 2.18. The van der Waals surface area contributed by atoms with Crippen LogP contribution in [0.15, 0.2) is 54.6 Å². The lowest BCUT2D eigenvalue weighted by atomic mass is 10.3. The number of esters is 1. The lowest BCUT2D eigenvalue weighted by molar-refractivity contribution is -0.145. The van der Waals surface area contributed by atoms with E-state index in [2.05, 4.69) is 5.09 Å². The first-order valence-electron chi connectivity index (χ1n) is 7.42. The zero-order valence-electron chi connectivity index (χ0n) is 13.4. The number of hydrogen-bond donors (Lipinski definition) is 1. The molecular weight excluding hydrogens is 349 g/mol. The summed E-state index contributed by atoms with van der Waals surface area (Å²) in [6, 6.07) is 16.2. The summed E-state index contributed by atoms with van der Waals surface area (Å²) >= 11 is 5.87. The van der Waals surface area contributed by atoms with Crippen LogP contribution in [0, 0.1) is 0 Å². The van der Waals surface area contributed by atoms with E-state index in [9.17, 15) is 4.79 Å². The number of halogens is 1. The predicted octanol–water partition coefficient (Wildman–Crippen LogP) is 4.57. The molecule has 0 spiro atoms. The van der Waals surface area contributed by atoms with E-state index in [0.29, 0.717) is 16.5 Å². The van der Waals surface area contributed by atoms with E-state index in [1.807, 2.05) is 30.3 Å². The van der Waals surface area contributed by atoms with Gasteiger partial charge in [0.2, 0.25) is 0 Å². The van der Waals surface area contributed by atoms with Gasteiger partial charge in [-0.1, -0.05) is 29.8 Å². The standard InChI is InChI=1S/C17H19ClNO4P/c1-13(2)21-17(20)12-19-24(22-15-6-4-3-5-7-15)23-16-10-8-14(18)9-11-16/h3-11,13,19H,12H2,1-2H3. The maximum Gasteiger partial charge on any atom is 0.382 e. The van der Waals surface area contributed by atoms with Crippen LogP contribution in [0.2, 0.25) is 5.02 Å². The van der Waals surface area contributed by atoms with E-state index >= 15 is 0 Å². The number of carbonyl (C=O) groups is 1. The van der Waals surface area contributed by atoms with Crippen LogP contribution in [0.4, 0.5) is 0 Å². The van der Waals surface area contributed by atoms with Gasteiger partial charge >= 0.3 is 14.5 Å². The molecule has 0 fully saturated rings. The third kappa shape index (κ3) is 6.75. The highest BCUT2D eigenvalue weighted by Crippen LogP contribution is 2.36. The zero-order valence-corrected chi connectivity index (χ0v) is 15.1. The molecule has 2 rings (SSSR count). The summed E-state index contributed by atoms with van der Waals surface area (Å²) in [6.45, 7) is 3.58. The van der Waals surface area contributed by atoms with Gasteiger partial charge in [-0.15, -0.1) is 0 Å². The zero-order chi connectivity index (χ0) is 17.4. The fraction of sp³-hybridized carbons (Fsp3) is 0.235. The second kappa shape index (κ2) is 9.48. The Morgan fingerprint density at radius 1 is 1.04 bits per heavy atom. The van der Waals surface area contributed by atoms with Crippen LogP contribution in [-0.2, 0) is 9.53 Å². The molecule has 0 aliphatic rings. The Labute approximate surface area is 147 Å². The Balaban J connectivity index is 2.00. The SMILES string of the molecule is CC(C)OC(=O)CNP(Oc1ccccc1)Oc1ccc(Cl)cc1. The number of para-hydroxylation sites is 1. The van der Waals surface area contributed by atoms with Crippen LogP contribution in [0.25, 0.3) is 0 Å².